The van der Waals surface area contributed by atoms with Crippen LogP contribution < -0.4 is 10.5 Å². The SMILES string of the molecule is NS(=O)(=O)CC1CNCC1C(F)F. The standard InChI is InChI=1S/C6H12F2N2O2S/c7-6(8)5-2-10-1-4(5)3-13(9,11)12/h4-6,10H,1-3H2,(H2,9,11,12). The van der Waals surface area contributed by atoms with Crippen LogP contribution in [0.3, 0.4) is 0 Å². The molecule has 0 spiro atoms. The highest BCUT2D eigenvalue weighted by Gasteiger charge is 2.35. The highest BCUT2D eigenvalue weighted by atomic mass is 32.2. The van der Waals surface area contributed by atoms with Gasteiger partial charge in [-0.05, 0) is 12.5 Å². The molecular formula is C6H12F2N2O2S. The van der Waals surface area contributed by atoms with E-state index in [1.54, 1.807) is 0 Å². The van der Waals surface area contributed by atoms with E-state index < -0.39 is 28.3 Å². The molecule has 1 aliphatic heterocycles. The molecule has 1 fully saturated rings. The van der Waals surface area contributed by atoms with E-state index in [0.717, 1.165) is 0 Å². The number of hydrogen-bond donors (Lipinski definition) is 2. The molecule has 2 unspecified atom stereocenters. The highest BCUT2D eigenvalue weighted by Crippen LogP contribution is 2.24. The molecule has 0 aromatic carbocycles. The van der Waals surface area contributed by atoms with Crippen molar-refractivity contribution in [3.8, 4) is 0 Å². The van der Waals surface area contributed by atoms with Crippen LogP contribution in [0, 0.1) is 11.8 Å². The van der Waals surface area contributed by atoms with Gasteiger partial charge in [-0.15, -0.1) is 0 Å². The zero-order chi connectivity index (χ0) is 10.1. The Kier molecular flexibility index (Phi) is 3.20. The molecule has 0 radical (unpaired) electrons. The molecule has 1 heterocycles. The van der Waals surface area contributed by atoms with E-state index in [0.29, 0.717) is 6.54 Å². The molecule has 2 atom stereocenters. The average Bonchev–Trinajstić information content (AvgIpc) is 2.31. The fourth-order valence-electron chi connectivity index (χ4n) is 1.53. The molecule has 3 N–H and O–H groups in total. The largest absolute Gasteiger partial charge is 0.316 e. The lowest BCUT2D eigenvalue weighted by Gasteiger charge is -2.15. The molecule has 0 amide bonds. The van der Waals surface area contributed by atoms with Crippen molar-refractivity contribution in [1.29, 1.82) is 0 Å². The van der Waals surface area contributed by atoms with E-state index >= 15 is 0 Å². The van der Waals surface area contributed by atoms with Crippen molar-refractivity contribution in [2.45, 2.75) is 6.43 Å². The molecule has 78 valence electrons. The smallest absolute Gasteiger partial charge is 0.242 e. The van der Waals surface area contributed by atoms with Crippen LogP contribution in [0.2, 0.25) is 0 Å². The number of rotatable bonds is 3. The van der Waals surface area contributed by atoms with Gasteiger partial charge in [0.25, 0.3) is 0 Å². The Hall–Kier alpha value is -0.270. The van der Waals surface area contributed by atoms with Crippen LogP contribution in [-0.4, -0.2) is 33.7 Å². The van der Waals surface area contributed by atoms with Gasteiger partial charge in [-0.1, -0.05) is 0 Å². The Bertz CT molecular complexity index is 268. The third-order valence-electron chi connectivity index (χ3n) is 2.16. The molecule has 0 saturated carbocycles. The van der Waals surface area contributed by atoms with E-state index in [2.05, 4.69) is 5.32 Å². The maximum Gasteiger partial charge on any atom is 0.242 e. The van der Waals surface area contributed by atoms with Crippen molar-refractivity contribution in [2.75, 3.05) is 18.8 Å². The van der Waals surface area contributed by atoms with Crippen LogP contribution >= 0.6 is 0 Å². The van der Waals surface area contributed by atoms with Gasteiger partial charge in [0.2, 0.25) is 16.4 Å². The van der Waals surface area contributed by atoms with Crippen molar-refractivity contribution in [1.82, 2.24) is 5.32 Å². The van der Waals surface area contributed by atoms with Gasteiger partial charge in [-0.3, -0.25) is 0 Å². The van der Waals surface area contributed by atoms with Gasteiger partial charge in [0.05, 0.1) is 5.75 Å². The summed E-state index contributed by atoms with van der Waals surface area (Å²) in [6.07, 6.45) is -2.48. The van der Waals surface area contributed by atoms with Gasteiger partial charge >= 0.3 is 0 Å². The van der Waals surface area contributed by atoms with Crippen LogP contribution in [0.1, 0.15) is 0 Å². The summed E-state index contributed by atoms with van der Waals surface area (Å²) in [5, 5.41) is 7.50. The van der Waals surface area contributed by atoms with Crippen LogP contribution in [0.15, 0.2) is 0 Å². The number of alkyl halides is 2. The van der Waals surface area contributed by atoms with Crippen LogP contribution in [0.25, 0.3) is 0 Å². The van der Waals surface area contributed by atoms with Gasteiger partial charge in [0.1, 0.15) is 0 Å². The molecule has 13 heavy (non-hydrogen) atoms. The second-order valence-corrected chi connectivity index (χ2v) is 4.91. The lowest BCUT2D eigenvalue weighted by atomic mass is 9.99. The van der Waals surface area contributed by atoms with E-state index in [-0.39, 0.29) is 12.3 Å². The van der Waals surface area contributed by atoms with Gasteiger partial charge in [0.15, 0.2) is 0 Å². The fraction of sp³-hybridized carbons (Fsp3) is 1.00. The predicted molar refractivity (Wildman–Crippen MR) is 43.8 cm³/mol. The maximum atomic E-state index is 12.3. The first-order valence-corrected chi connectivity index (χ1v) is 5.61. The lowest BCUT2D eigenvalue weighted by molar-refractivity contribution is 0.0690. The van der Waals surface area contributed by atoms with E-state index in [9.17, 15) is 17.2 Å². The van der Waals surface area contributed by atoms with Gasteiger partial charge in [-0.2, -0.15) is 0 Å². The molecule has 1 aliphatic rings. The van der Waals surface area contributed by atoms with Crippen molar-refractivity contribution < 1.29 is 17.2 Å². The van der Waals surface area contributed by atoms with Crippen molar-refractivity contribution in [3.63, 3.8) is 0 Å². The average molecular weight is 214 g/mol. The molecular weight excluding hydrogens is 202 g/mol. The predicted octanol–water partition coefficient (Wildman–Crippen LogP) is -0.624. The number of nitrogens with one attached hydrogen (secondary N) is 1. The quantitative estimate of drug-likeness (QED) is 0.657. The number of nitrogens with two attached hydrogens (primary N) is 1. The monoisotopic (exact) mass is 214 g/mol. The third kappa shape index (κ3) is 3.17. The second kappa shape index (κ2) is 3.85. The Morgan fingerprint density at radius 3 is 2.54 bits per heavy atom. The molecule has 0 aromatic rings. The molecule has 0 aliphatic carbocycles. The topological polar surface area (TPSA) is 72.2 Å². The normalized spacial score (nSPS) is 29.8. The Balaban J connectivity index is 2.59. The molecule has 0 aromatic heterocycles. The highest BCUT2D eigenvalue weighted by molar-refractivity contribution is 7.89. The summed E-state index contributed by atoms with van der Waals surface area (Å²) < 4.78 is 45.9. The summed E-state index contributed by atoms with van der Waals surface area (Å²) in [5.74, 6) is -1.82. The van der Waals surface area contributed by atoms with E-state index in [1.165, 1.54) is 0 Å². The van der Waals surface area contributed by atoms with Crippen molar-refractivity contribution >= 4 is 10.0 Å². The first kappa shape index (κ1) is 10.8. The Morgan fingerprint density at radius 1 is 1.46 bits per heavy atom. The van der Waals surface area contributed by atoms with Crippen molar-refractivity contribution in [2.24, 2.45) is 17.0 Å². The first-order chi connectivity index (χ1) is 5.90. The Labute approximate surface area is 75.5 Å². The summed E-state index contributed by atoms with van der Waals surface area (Å²) in [6, 6.07) is 0. The summed E-state index contributed by atoms with van der Waals surface area (Å²) in [6.45, 7) is 0.462. The number of halogens is 2. The number of primary sulfonamides is 1. The van der Waals surface area contributed by atoms with Crippen LogP contribution in [-0.2, 0) is 10.0 Å². The summed E-state index contributed by atoms with van der Waals surface area (Å²) in [4.78, 5) is 0. The van der Waals surface area contributed by atoms with Gasteiger partial charge in [0, 0.05) is 12.5 Å². The van der Waals surface area contributed by atoms with E-state index in [1.807, 2.05) is 0 Å². The van der Waals surface area contributed by atoms with E-state index in [4.69, 9.17) is 5.14 Å². The minimum atomic E-state index is -3.65. The summed E-state index contributed by atoms with van der Waals surface area (Å²) in [5.41, 5.74) is 0. The zero-order valence-corrected chi connectivity index (χ0v) is 7.73. The second-order valence-electron chi connectivity index (χ2n) is 3.25. The summed E-state index contributed by atoms with van der Waals surface area (Å²) >= 11 is 0. The number of sulfonamides is 1. The molecule has 7 heteroatoms. The van der Waals surface area contributed by atoms with Gasteiger partial charge < -0.3 is 5.32 Å². The van der Waals surface area contributed by atoms with Crippen molar-refractivity contribution in [3.05, 3.63) is 0 Å². The Morgan fingerprint density at radius 2 is 2.08 bits per heavy atom. The fourth-order valence-corrected chi connectivity index (χ4v) is 2.49. The maximum absolute atomic E-state index is 12.3. The minimum Gasteiger partial charge on any atom is -0.316 e. The molecule has 1 rings (SSSR count). The molecule has 4 nitrogen and oxygen atoms in total. The first-order valence-electron chi connectivity index (χ1n) is 3.89. The van der Waals surface area contributed by atoms with Gasteiger partial charge in [-0.25, -0.2) is 22.3 Å². The summed E-state index contributed by atoms with van der Waals surface area (Å²) in [7, 11) is -3.65. The zero-order valence-electron chi connectivity index (χ0n) is 6.91. The van der Waals surface area contributed by atoms with Crippen LogP contribution in [0.4, 0.5) is 8.78 Å². The third-order valence-corrected chi connectivity index (χ3v) is 3.05. The minimum absolute atomic E-state index is 0.165. The molecule has 0 bridgehead atoms. The number of hydrogen-bond acceptors (Lipinski definition) is 3. The van der Waals surface area contributed by atoms with Crippen LogP contribution in [0.5, 0.6) is 0 Å². The lowest BCUT2D eigenvalue weighted by Crippen LogP contribution is -2.30. The molecule has 1 saturated heterocycles.